The van der Waals surface area contributed by atoms with E-state index in [2.05, 4.69) is 0 Å². The zero-order chi connectivity index (χ0) is 18.1. The maximum Gasteiger partial charge on any atom is 0.243 e. The third kappa shape index (κ3) is 3.65. The highest BCUT2D eigenvalue weighted by Crippen LogP contribution is 2.32. The van der Waals surface area contributed by atoms with Crippen molar-refractivity contribution in [3.8, 4) is 5.75 Å². The van der Waals surface area contributed by atoms with E-state index >= 15 is 0 Å². The van der Waals surface area contributed by atoms with Crippen LogP contribution in [-0.2, 0) is 19.6 Å². The normalized spacial score (nSPS) is 25.1. The molecule has 0 saturated carbocycles. The van der Waals surface area contributed by atoms with Crippen LogP contribution in [0.25, 0.3) is 0 Å². The Labute approximate surface area is 148 Å². The Bertz CT molecular complexity index is 747. The molecule has 1 amide bonds. The van der Waals surface area contributed by atoms with Crippen LogP contribution in [0.15, 0.2) is 29.2 Å². The van der Waals surface area contributed by atoms with Crippen molar-refractivity contribution in [2.75, 3.05) is 39.9 Å². The summed E-state index contributed by atoms with van der Waals surface area (Å²) < 4.78 is 38.6. The molecule has 0 bridgehead atoms. The Balaban J connectivity index is 1.84. The number of methoxy groups -OCH3 is 1. The molecule has 2 heterocycles. The molecule has 1 atom stereocenters. The first-order valence-corrected chi connectivity index (χ1v) is 9.84. The van der Waals surface area contributed by atoms with Crippen molar-refractivity contribution >= 4 is 15.9 Å². The predicted octanol–water partition coefficient (Wildman–Crippen LogP) is 1.10. The van der Waals surface area contributed by atoms with Crippen LogP contribution in [-0.4, -0.2) is 69.0 Å². The van der Waals surface area contributed by atoms with Gasteiger partial charge >= 0.3 is 0 Å². The van der Waals surface area contributed by atoms with Crippen molar-refractivity contribution in [2.45, 2.75) is 30.3 Å². The second kappa shape index (κ2) is 6.93. The molecule has 138 valence electrons. The number of sulfonamides is 1. The van der Waals surface area contributed by atoms with E-state index in [1.54, 1.807) is 23.1 Å². The predicted molar refractivity (Wildman–Crippen MR) is 91.9 cm³/mol. The van der Waals surface area contributed by atoms with Gasteiger partial charge in [0, 0.05) is 32.6 Å². The molecule has 0 radical (unpaired) electrons. The van der Waals surface area contributed by atoms with Crippen molar-refractivity contribution < 1.29 is 22.7 Å². The molecule has 0 aliphatic carbocycles. The van der Waals surface area contributed by atoms with E-state index in [4.69, 9.17) is 9.47 Å². The molecule has 3 rings (SSSR count). The maximum absolute atomic E-state index is 13.0. The standard InChI is InChI=1S/C17H24N2O5S/c1-14(20)18-9-10-24-17(12-18)7-4-8-19(13-17)25(21,22)16-6-3-5-15(11-16)23-2/h3,5-6,11H,4,7-10,12-13H2,1-2H3. The number of nitrogens with zero attached hydrogens (tertiary/aromatic N) is 2. The first-order valence-electron chi connectivity index (χ1n) is 8.40. The van der Waals surface area contributed by atoms with Gasteiger partial charge in [0.2, 0.25) is 15.9 Å². The quantitative estimate of drug-likeness (QED) is 0.798. The Kier molecular flexibility index (Phi) is 5.04. The van der Waals surface area contributed by atoms with E-state index in [1.807, 2.05) is 0 Å². The lowest BCUT2D eigenvalue weighted by atomic mass is 9.92. The molecule has 2 fully saturated rings. The number of amides is 1. The number of benzene rings is 1. The fourth-order valence-electron chi connectivity index (χ4n) is 3.53. The topological polar surface area (TPSA) is 76.2 Å². The number of hydrogen-bond donors (Lipinski definition) is 0. The summed E-state index contributed by atoms with van der Waals surface area (Å²) in [5.74, 6) is 0.500. The first-order chi connectivity index (χ1) is 11.9. The molecule has 1 aromatic rings. The van der Waals surface area contributed by atoms with Crippen molar-refractivity contribution in [3.05, 3.63) is 24.3 Å². The summed E-state index contributed by atoms with van der Waals surface area (Å²) in [7, 11) is -2.13. The fourth-order valence-corrected chi connectivity index (χ4v) is 5.12. The van der Waals surface area contributed by atoms with E-state index in [-0.39, 0.29) is 17.3 Å². The van der Waals surface area contributed by atoms with Gasteiger partial charge in [-0.3, -0.25) is 4.79 Å². The highest BCUT2D eigenvalue weighted by atomic mass is 32.2. The maximum atomic E-state index is 13.0. The number of rotatable bonds is 3. The van der Waals surface area contributed by atoms with Gasteiger partial charge in [0.25, 0.3) is 0 Å². The highest BCUT2D eigenvalue weighted by Gasteiger charge is 2.44. The lowest BCUT2D eigenvalue weighted by molar-refractivity contribution is -0.155. The van der Waals surface area contributed by atoms with Crippen molar-refractivity contribution in [1.29, 1.82) is 0 Å². The number of carbonyl (C=O) groups excluding carboxylic acids is 1. The second-order valence-electron chi connectivity index (χ2n) is 6.59. The Morgan fingerprint density at radius 2 is 2.08 bits per heavy atom. The lowest BCUT2D eigenvalue weighted by Crippen LogP contribution is -2.61. The summed E-state index contributed by atoms with van der Waals surface area (Å²) in [6.07, 6.45) is 1.45. The van der Waals surface area contributed by atoms with Crippen LogP contribution in [0.1, 0.15) is 19.8 Å². The monoisotopic (exact) mass is 368 g/mol. The summed E-state index contributed by atoms with van der Waals surface area (Å²) in [5.41, 5.74) is -0.617. The fraction of sp³-hybridized carbons (Fsp3) is 0.588. The molecule has 2 aliphatic heterocycles. The molecule has 25 heavy (non-hydrogen) atoms. The minimum Gasteiger partial charge on any atom is -0.497 e. The SMILES string of the molecule is COc1cccc(S(=O)(=O)N2CCCC3(CN(C(C)=O)CCO3)C2)c1. The number of ether oxygens (including phenoxy) is 2. The summed E-state index contributed by atoms with van der Waals surface area (Å²) in [6.45, 7) is 3.67. The van der Waals surface area contributed by atoms with Gasteiger partial charge in [0.15, 0.2) is 0 Å². The third-order valence-electron chi connectivity index (χ3n) is 4.88. The molecular formula is C17H24N2O5S. The van der Waals surface area contributed by atoms with Gasteiger partial charge in [0.1, 0.15) is 5.75 Å². The van der Waals surface area contributed by atoms with Crippen LogP contribution in [0, 0.1) is 0 Å². The second-order valence-corrected chi connectivity index (χ2v) is 8.53. The molecule has 0 aromatic heterocycles. The van der Waals surface area contributed by atoms with Crippen molar-refractivity contribution in [1.82, 2.24) is 9.21 Å². The Morgan fingerprint density at radius 1 is 1.28 bits per heavy atom. The van der Waals surface area contributed by atoms with Crippen LogP contribution in [0.2, 0.25) is 0 Å². The molecule has 1 aromatic carbocycles. The molecule has 1 unspecified atom stereocenters. The van der Waals surface area contributed by atoms with Crippen molar-refractivity contribution in [2.24, 2.45) is 0 Å². The number of piperidine rings is 1. The minimum absolute atomic E-state index is 0.00421. The minimum atomic E-state index is -3.64. The number of morpholine rings is 1. The van der Waals surface area contributed by atoms with Gasteiger partial charge in [-0.2, -0.15) is 4.31 Å². The van der Waals surface area contributed by atoms with E-state index in [1.165, 1.54) is 24.4 Å². The van der Waals surface area contributed by atoms with Gasteiger partial charge in [-0.15, -0.1) is 0 Å². The molecule has 2 saturated heterocycles. The van der Waals surface area contributed by atoms with Crippen LogP contribution >= 0.6 is 0 Å². The Morgan fingerprint density at radius 3 is 2.80 bits per heavy atom. The van der Waals surface area contributed by atoms with E-state index in [0.29, 0.717) is 38.4 Å². The molecular weight excluding hydrogens is 344 g/mol. The number of hydrogen-bond acceptors (Lipinski definition) is 5. The van der Waals surface area contributed by atoms with Crippen LogP contribution in [0.5, 0.6) is 5.75 Å². The average molecular weight is 368 g/mol. The van der Waals surface area contributed by atoms with Gasteiger partial charge < -0.3 is 14.4 Å². The summed E-state index contributed by atoms with van der Waals surface area (Å²) >= 11 is 0. The largest absolute Gasteiger partial charge is 0.497 e. The van der Waals surface area contributed by atoms with Gasteiger partial charge in [-0.1, -0.05) is 6.07 Å². The van der Waals surface area contributed by atoms with Crippen LogP contribution < -0.4 is 4.74 Å². The van der Waals surface area contributed by atoms with Crippen molar-refractivity contribution in [3.63, 3.8) is 0 Å². The average Bonchev–Trinajstić information content (AvgIpc) is 2.62. The smallest absolute Gasteiger partial charge is 0.243 e. The Hall–Kier alpha value is -1.64. The zero-order valence-corrected chi connectivity index (χ0v) is 15.4. The molecule has 7 nitrogen and oxygen atoms in total. The highest BCUT2D eigenvalue weighted by molar-refractivity contribution is 7.89. The third-order valence-corrected chi connectivity index (χ3v) is 6.72. The molecule has 2 aliphatic rings. The summed E-state index contributed by atoms with van der Waals surface area (Å²) in [6, 6.07) is 6.48. The number of carbonyl (C=O) groups is 1. The zero-order valence-electron chi connectivity index (χ0n) is 14.6. The molecule has 0 N–H and O–H groups in total. The van der Waals surface area contributed by atoms with Gasteiger partial charge in [-0.25, -0.2) is 8.42 Å². The van der Waals surface area contributed by atoms with Gasteiger partial charge in [-0.05, 0) is 25.0 Å². The van der Waals surface area contributed by atoms with E-state index < -0.39 is 15.6 Å². The van der Waals surface area contributed by atoms with Gasteiger partial charge in [0.05, 0.1) is 30.8 Å². The van der Waals surface area contributed by atoms with E-state index in [9.17, 15) is 13.2 Å². The molecule has 1 spiro atoms. The van der Waals surface area contributed by atoms with Crippen LogP contribution in [0.3, 0.4) is 0 Å². The van der Waals surface area contributed by atoms with E-state index in [0.717, 1.165) is 6.42 Å². The molecule has 8 heteroatoms. The summed E-state index contributed by atoms with van der Waals surface area (Å²) in [5, 5.41) is 0. The lowest BCUT2D eigenvalue weighted by Gasteiger charge is -2.47. The first kappa shape index (κ1) is 18.2. The van der Waals surface area contributed by atoms with Crippen LogP contribution in [0.4, 0.5) is 0 Å². The summed E-state index contributed by atoms with van der Waals surface area (Å²) in [4.78, 5) is 13.7.